The quantitative estimate of drug-likeness (QED) is 0.688. The highest BCUT2D eigenvalue weighted by Crippen LogP contribution is 2.18. The molecule has 0 saturated carbocycles. The van der Waals surface area contributed by atoms with E-state index in [0.29, 0.717) is 13.0 Å². The molecule has 0 heterocycles. The molecule has 1 aromatic rings. The van der Waals surface area contributed by atoms with Gasteiger partial charge < -0.3 is 20.5 Å². The number of aryl methyl sites for hydroxylation is 1. The molecule has 2 unspecified atom stereocenters. The van der Waals surface area contributed by atoms with Crippen LogP contribution < -0.4 is 15.4 Å². The number of ether oxygens (including phenoxy) is 1. The lowest BCUT2D eigenvalue weighted by molar-refractivity contribution is 0.184. The molecular formula is C16H26N2O3. The van der Waals surface area contributed by atoms with Crippen LogP contribution in [0.4, 0.5) is 4.79 Å². The van der Waals surface area contributed by atoms with Gasteiger partial charge in [0, 0.05) is 0 Å². The smallest absolute Gasteiger partial charge is 0.315 e. The number of benzene rings is 1. The normalized spacial score (nSPS) is 13.3. The molecular weight excluding hydrogens is 268 g/mol. The molecule has 2 amide bonds. The van der Waals surface area contributed by atoms with Crippen molar-refractivity contribution in [2.75, 3.05) is 13.2 Å². The summed E-state index contributed by atoms with van der Waals surface area (Å²) >= 11 is 0. The van der Waals surface area contributed by atoms with E-state index in [0.717, 1.165) is 17.7 Å². The Bertz CT molecular complexity index is 433. The Hall–Kier alpha value is -1.75. The van der Waals surface area contributed by atoms with Crippen molar-refractivity contribution in [1.82, 2.24) is 10.6 Å². The van der Waals surface area contributed by atoms with Crippen molar-refractivity contribution < 1.29 is 14.6 Å². The van der Waals surface area contributed by atoms with Crippen molar-refractivity contribution in [2.24, 2.45) is 0 Å². The first-order chi connectivity index (χ1) is 10.1. The molecule has 3 N–H and O–H groups in total. The predicted octanol–water partition coefficient (Wildman–Crippen LogP) is 2.22. The third-order valence-corrected chi connectivity index (χ3v) is 3.38. The zero-order chi connectivity index (χ0) is 15.7. The first kappa shape index (κ1) is 17.3. The van der Waals surface area contributed by atoms with Crippen molar-refractivity contribution in [1.29, 1.82) is 0 Å². The van der Waals surface area contributed by atoms with E-state index in [1.807, 2.05) is 45.0 Å². The summed E-state index contributed by atoms with van der Waals surface area (Å²) in [6.07, 6.45) is 1.41. The zero-order valence-corrected chi connectivity index (χ0v) is 13.1. The standard InChI is InChI=1S/C16H26N2O3/c1-4-13(11-19)18-16(20)17-10-14(5-2)21-15-9-7-6-8-12(15)3/h6-9,13-14,19H,4-5,10-11H2,1-3H3,(H2,17,18,20). The average Bonchev–Trinajstić information content (AvgIpc) is 2.50. The topological polar surface area (TPSA) is 70.6 Å². The number of hydrogen-bond donors (Lipinski definition) is 3. The van der Waals surface area contributed by atoms with Crippen molar-refractivity contribution in [2.45, 2.75) is 45.8 Å². The van der Waals surface area contributed by atoms with Crippen LogP contribution in [0.25, 0.3) is 0 Å². The Morgan fingerprint density at radius 2 is 2.00 bits per heavy atom. The molecule has 5 heteroatoms. The van der Waals surface area contributed by atoms with Crippen molar-refractivity contribution in [3.63, 3.8) is 0 Å². The molecule has 0 aliphatic carbocycles. The highest BCUT2D eigenvalue weighted by molar-refractivity contribution is 5.74. The minimum Gasteiger partial charge on any atom is -0.488 e. The van der Waals surface area contributed by atoms with Gasteiger partial charge in [0.1, 0.15) is 11.9 Å². The van der Waals surface area contributed by atoms with Gasteiger partial charge in [-0.1, -0.05) is 32.0 Å². The molecule has 2 atom stereocenters. The Morgan fingerprint density at radius 1 is 1.29 bits per heavy atom. The van der Waals surface area contributed by atoms with E-state index in [1.54, 1.807) is 0 Å². The van der Waals surface area contributed by atoms with E-state index in [9.17, 15) is 4.79 Å². The largest absolute Gasteiger partial charge is 0.488 e. The van der Waals surface area contributed by atoms with E-state index in [2.05, 4.69) is 10.6 Å². The number of urea groups is 1. The van der Waals surface area contributed by atoms with E-state index >= 15 is 0 Å². The van der Waals surface area contributed by atoms with Crippen LogP contribution in [0.15, 0.2) is 24.3 Å². The first-order valence-electron chi connectivity index (χ1n) is 7.48. The van der Waals surface area contributed by atoms with Crippen molar-refractivity contribution in [3.8, 4) is 5.75 Å². The molecule has 0 spiro atoms. The van der Waals surface area contributed by atoms with Crippen LogP contribution in [-0.2, 0) is 0 Å². The third-order valence-electron chi connectivity index (χ3n) is 3.38. The number of aliphatic hydroxyl groups is 1. The van der Waals surface area contributed by atoms with Gasteiger partial charge in [-0.05, 0) is 31.4 Å². The van der Waals surface area contributed by atoms with E-state index in [1.165, 1.54) is 0 Å². The van der Waals surface area contributed by atoms with Gasteiger partial charge in [-0.3, -0.25) is 0 Å². The maximum absolute atomic E-state index is 11.7. The fraction of sp³-hybridized carbons (Fsp3) is 0.562. The molecule has 0 aliphatic heterocycles. The number of aliphatic hydroxyl groups excluding tert-OH is 1. The molecule has 0 radical (unpaired) electrons. The maximum Gasteiger partial charge on any atom is 0.315 e. The molecule has 1 rings (SSSR count). The summed E-state index contributed by atoms with van der Waals surface area (Å²) in [5, 5.41) is 14.6. The Labute approximate surface area is 126 Å². The fourth-order valence-corrected chi connectivity index (χ4v) is 1.86. The van der Waals surface area contributed by atoms with Crippen LogP contribution in [0.2, 0.25) is 0 Å². The number of carbonyl (C=O) groups excluding carboxylic acids is 1. The SMILES string of the molecule is CCC(CO)NC(=O)NCC(CC)Oc1ccccc1C. The number of nitrogens with one attached hydrogen (secondary N) is 2. The van der Waals surface area contributed by atoms with Gasteiger partial charge >= 0.3 is 6.03 Å². The van der Waals surface area contributed by atoms with Gasteiger partial charge in [0.05, 0.1) is 19.2 Å². The summed E-state index contributed by atoms with van der Waals surface area (Å²) in [6, 6.07) is 7.34. The molecule has 118 valence electrons. The van der Waals surface area contributed by atoms with Crippen LogP contribution in [-0.4, -0.2) is 36.4 Å². The molecule has 0 aliphatic rings. The lowest BCUT2D eigenvalue weighted by Crippen LogP contribution is -2.46. The Balaban J connectivity index is 2.44. The fourth-order valence-electron chi connectivity index (χ4n) is 1.86. The van der Waals surface area contributed by atoms with Crippen molar-refractivity contribution in [3.05, 3.63) is 29.8 Å². The lowest BCUT2D eigenvalue weighted by atomic mass is 10.2. The first-order valence-corrected chi connectivity index (χ1v) is 7.48. The summed E-state index contributed by atoms with van der Waals surface area (Å²) in [4.78, 5) is 11.7. The number of amides is 2. The van der Waals surface area contributed by atoms with Crippen LogP contribution in [0.3, 0.4) is 0 Å². The molecule has 0 saturated heterocycles. The predicted molar refractivity (Wildman–Crippen MR) is 83.6 cm³/mol. The minimum absolute atomic E-state index is 0.0547. The molecule has 5 nitrogen and oxygen atoms in total. The van der Waals surface area contributed by atoms with E-state index in [-0.39, 0.29) is 24.8 Å². The van der Waals surface area contributed by atoms with Crippen LogP contribution in [0, 0.1) is 6.92 Å². The molecule has 0 aromatic heterocycles. The van der Waals surface area contributed by atoms with Gasteiger partial charge in [0.25, 0.3) is 0 Å². The Kier molecular flexibility index (Phi) is 7.61. The molecule has 1 aromatic carbocycles. The highest BCUT2D eigenvalue weighted by Gasteiger charge is 2.13. The monoisotopic (exact) mass is 294 g/mol. The second-order valence-corrected chi connectivity index (χ2v) is 5.06. The number of rotatable bonds is 8. The lowest BCUT2D eigenvalue weighted by Gasteiger charge is -2.20. The maximum atomic E-state index is 11.7. The second kappa shape index (κ2) is 9.23. The van der Waals surface area contributed by atoms with E-state index < -0.39 is 0 Å². The summed E-state index contributed by atoms with van der Waals surface area (Å²) in [6.45, 7) is 6.30. The van der Waals surface area contributed by atoms with Crippen LogP contribution in [0.1, 0.15) is 32.3 Å². The minimum atomic E-state index is -0.275. The van der Waals surface area contributed by atoms with Crippen LogP contribution in [0.5, 0.6) is 5.75 Å². The average molecular weight is 294 g/mol. The van der Waals surface area contributed by atoms with Gasteiger partial charge in [-0.15, -0.1) is 0 Å². The summed E-state index contributed by atoms with van der Waals surface area (Å²) in [7, 11) is 0. The number of carbonyl (C=O) groups is 1. The van der Waals surface area contributed by atoms with Crippen molar-refractivity contribution >= 4 is 6.03 Å². The third kappa shape index (κ3) is 6.04. The highest BCUT2D eigenvalue weighted by atomic mass is 16.5. The number of hydrogen-bond acceptors (Lipinski definition) is 3. The molecule has 0 fully saturated rings. The van der Waals surface area contributed by atoms with Gasteiger partial charge in [-0.2, -0.15) is 0 Å². The summed E-state index contributed by atoms with van der Waals surface area (Å²) < 4.78 is 5.91. The molecule has 0 bridgehead atoms. The Morgan fingerprint density at radius 3 is 2.57 bits per heavy atom. The molecule has 21 heavy (non-hydrogen) atoms. The second-order valence-electron chi connectivity index (χ2n) is 5.06. The number of para-hydroxylation sites is 1. The van der Waals surface area contributed by atoms with Gasteiger partial charge in [0.2, 0.25) is 0 Å². The zero-order valence-electron chi connectivity index (χ0n) is 13.1. The van der Waals surface area contributed by atoms with Crippen LogP contribution >= 0.6 is 0 Å². The summed E-state index contributed by atoms with van der Waals surface area (Å²) in [5.41, 5.74) is 1.08. The summed E-state index contributed by atoms with van der Waals surface area (Å²) in [5.74, 6) is 0.841. The van der Waals surface area contributed by atoms with E-state index in [4.69, 9.17) is 9.84 Å². The van der Waals surface area contributed by atoms with Gasteiger partial charge in [-0.25, -0.2) is 4.79 Å². The van der Waals surface area contributed by atoms with Gasteiger partial charge in [0.15, 0.2) is 0 Å².